The third-order valence-electron chi connectivity index (χ3n) is 10.5. The second-order valence-corrected chi connectivity index (χ2v) is 15.7. The normalized spacial score (nSPS) is 13.5. The molecule has 0 spiro atoms. The fourth-order valence-corrected chi connectivity index (χ4v) is 7.26. The summed E-state index contributed by atoms with van der Waals surface area (Å²) in [4.78, 5) is 28.9. The molecule has 0 bridgehead atoms. The van der Waals surface area contributed by atoms with Gasteiger partial charge in [0.15, 0.2) is 23.3 Å². The minimum Gasteiger partial charge on any atom is -0.388 e. The lowest BCUT2D eigenvalue weighted by atomic mass is 10.1. The zero-order chi connectivity index (χ0) is 44.5. The molecule has 6 aromatic carbocycles. The number of allylic oxidation sites excluding steroid dienone is 1. The Morgan fingerprint density at radius 2 is 0.952 bits per heavy atom. The zero-order valence-electron chi connectivity index (χ0n) is 37.7. The van der Waals surface area contributed by atoms with Gasteiger partial charge in [0.25, 0.3) is 0 Å². The third kappa shape index (κ3) is 9.92. The zero-order valence-corrected chi connectivity index (χ0v) is 37.7. The van der Waals surface area contributed by atoms with E-state index in [2.05, 4.69) is 161 Å². The molecule has 0 aromatic heterocycles. The van der Waals surface area contributed by atoms with E-state index in [1.807, 2.05) is 95.7 Å². The van der Waals surface area contributed by atoms with E-state index in [4.69, 9.17) is 20.0 Å². The minimum absolute atomic E-state index is 0.510. The number of aliphatic imine (C=N–C) groups is 4. The summed E-state index contributed by atoms with van der Waals surface area (Å²) in [5.41, 5.74) is 12.4. The lowest BCUT2D eigenvalue weighted by Crippen LogP contribution is -2.47. The molecule has 0 saturated heterocycles. The van der Waals surface area contributed by atoms with E-state index in [9.17, 15) is 0 Å². The molecule has 9 rings (SSSR count). The van der Waals surface area contributed by atoms with Crippen molar-refractivity contribution in [1.82, 2.24) is 14.7 Å². The predicted molar refractivity (Wildman–Crippen MR) is 266 cm³/mol. The van der Waals surface area contributed by atoms with E-state index in [1.54, 1.807) is 0 Å². The maximum atomic E-state index is 5.21. The summed E-state index contributed by atoms with van der Waals surface area (Å²) in [5.74, 6) is 3.10. The van der Waals surface area contributed by atoms with Crippen molar-refractivity contribution in [1.29, 1.82) is 0 Å². The quantitative estimate of drug-likeness (QED) is 0.151. The first-order chi connectivity index (χ1) is 30.6. The van der Waals surface area contributed by atoms with E-state index in [-0.39, 0.29) is 0 Å². The number of guanidine groups is 1. The third-order valence-corrected chi connectivity index (χ3v) is 10.5. The largest absolute Gasteiger partial charge is 0.388 e. The predicted octanol–water partition coefficient (Wildman–Crippen LogP) is 11.0. The number of para-hydroxylation sites is 2. The maximum absolute atomic E-state index is 5.21. The van der Waals surface area contributed by atoms with Gasteiger partial charge >= 0.3 is 0 Å². The monoisotopic (exact) mass is 832 g/mol. The van der Waals surface area contributed by atoms with Gasteiger partial charge in [-0.05, 0) is 87.0 Å². The standard InChI is InChI=1S/C39H40N10.2C7H8/c1-25-18-20-29(31(22-25)40-2)35-42-37-33(46(4)5)24-34(47(6)7)38-43-36(45-39(44-35)49(37)38)30-21-19-28(23-32(30)41-3)48(26-14-10-8-11-15-26)27-16-12-9-13-17-27;2*1-7-5-3-2-4-6-7/h8-24,40-41H,1-7H3;2*2-6H,1H3. The summed E-state index contributed by atoms with van der Waals surface area (Å²) in [6.45, 7) is 6.24. The van der Waals surface area contributed by atoms with Crippen LogP contribution >= 0.6 is 0 Å². The highest BCUT2D eigenvalue weighted by atomic mass is 15.4. The van der Waals surface area contributed by atoms with Crippen LogP contribution in [-0.2, 0) is 0 Å². The van der Waals surface area contributed by atoms with Gasteiger partial charge in [-0.3, -0.25) is 0 Å². The van der Waals surface area contributed by atoms with Crippen LogP contribution in [0.2, 0.25) is 0 Å². The van der Waals surface area contributed by atoms with Crippen molar-refractivity contribution in [3.63, 3.8) is 0 Å². The van der Waals surface area contributed by atoms with Crippen LogP contribution in [-0.4, -0.2) is 80.5 Å². The molecule has 0 amide bonds. The lowest BCUT2D eigenvalue weighted by molar-refractivity contribution is 0.471. The van der Waals surface area contributed by atoms with Gasteiger partial charge in [-0.15, -0.1) is 0 Å². The maximum Gasteiger partial charge on any atom is 0.241 e. The summed E-state index contributed by atoms with van der Waals surface area (Å²) >= 11 is 0. The number of nitrogens with zero attached hydrogens (tertiary/aromatic N) is 8. The summed E-state index contributed by atoms with van der Waals surface area (Å²) in [6, 6.07) is 53.9. The van der Waals surface area contributed by atoms with Gasteiger partial charge in [0, 0.05) is 81.8 Å². The number of likely N-dealkylation sites (N-methyl/N-ethyl adjacent to an activating group) is 2. The van der Waals surface area contributed by atoms with E-state index in [1.165, 1.54) is 11.1 Å². The van der Waals surface area contributed by atoms with Crippen LogP contribution in [0.15, 0.2) is 201 Å². The van der Waals surface area contributed by atoms with Crippen molar-refractivity contribution in [2.24, 2.45) is 20.0 Å². The molecule has 2 N–H and O–H groups in total. The Morgan fingerprint density at radius 1 is 0.460 bits per heavy atom. The molecule has 10 heteroatoms. The minimum atomic E-state index is 0.510. The van der Waals surface area contributed by atoms with Crippen LogP contribution in [0.4, 0.5) is 28.4 Å². The van der Waals surface area contributed by atoms with Crippen LogP contribution in [0.1, 0.15) is 27.8 Å². The first-order valence-electron chi connectivity index (χ1n) is 21.1. The van der Waals surface area contributed by atoms with E-state index in [0.717, 1.165) is 68.2 Å². The van der Waals surface area contributed by atoms with Gasteiger partial charge in [0.1, 0.15) is 0 Å². The van der Waals surface area contributed by atoms with Crippen LogP contribution < -0.4 is 15.5 Å². The highest BCUT2D eigenvalue weighted by molar-refractivity contribution is 6.27. The van der Waals surface area contributed by atoms with Crippen LogP contribution in [0.25, 0.3) is 0 Å². The average molecular weight is 833 g/mol. The van der Waals surface area contributed by atoms with E-state index < -0.39 is 0 Å². The molecule has 63 heavy (non-hydrogen) atoms. The molecular formula is C53H56N10. The molecule has 0 atom stereocenters. The molecule has 0 radical (unpaired) electrons. The highest BCUT2D eigenvalue weighted by Gasteiger charge is 2.39. The van der Waals surface area contributed by atoms with Crippen molar-refractivity contribution in [2.75, 3.05) is 57.8 Å². The Balaban J connectivity index is 0.000000360. The summed E-state index contributed by atoms with van der Waals surface area (Å²) < 4.78 is 0. The molecular weight excluding hydrogens is 777 g/mol. The molecule has 6 aromatic rings. The number of hydrogen-bond acceptors (Lipinski definition) is 10. The number of anilines is 5. The number of aryl methyl sites for hydroxylation is 3. The van der Waals surface area contributed by atoms with Gasteiger partial charge in [-0.1, -0.05) is 114 Å². The molecule has 318 valence electrons. The smallest absolute Gasteiger partial charge is 0.241 e. The number of hydrogen-bond donors (Lipinski definition) is 2. The number of benzene rings is 6. The van der Waals surface area contributed by atoms with Gasteiger partial charge in [0.05, 0.1) is 11.4 Å². The first-order valence-corrected chi connectivity index (χ1v) is 21.1. The first kappa shape index (κ1) is 43.4. The molecule has 0 aliphatic carbocycles. The number of amidine groups is 3. The van der Waals surface area contributed by atoms with Crippen LogP contribution in [0.5, 0.6) is 0 Å². The van der Waals surface area contributed by atoms with Crippen molar-refractivity contribution in [3.8, 4) is 0 Å². The van der Waals surface area contributed by atoms with Crippen molar-refractivity contribution >= 4 is 51.9 Å². The molecule has 0 fully saturated rings. The van der Waals surface area contributed by atoms with Crippen molar-refractivity contribution in [3.05, 3.63) is 209 Å². The molecule has 0 saturated carbocycles. The number of nitrogens with one attached hydrogen (secondary N) is 2. The van der Waals surface area contributed by atoms with Crippen LogP contribution in [0.3, 0.4) is 0 Å². The van der Waals surface area contributed by atoms with Gasteiger partial charge in [-0.2, -0.15) is 9.98 Å². The topological polar surface area (TPSA) is 86.5 Å². The Bertz CT molecular complexity index is 2640. The summed E-state index contributed by atoms with van der Waals surface area (Å²) in [5, 5.41) is 6.75. The fourth-order valence-electron chi connectivity index (χ4n) is 7.26. The van der Waals surface area contributed by atoms with Gasteiger partial charge in [0.2, 0.25) is 5.96 Å². The summed E-state index contributed by atoms with van der Waals surface area (Å²) in [6.07, 6.45) is 2.13. The Morgan fingerprint density at radius 3 is 1.43 bits per heavy atom. The Labute approximate surface area is 372 Å². The molecule has 3 heterocycles. The molecule has 10 nitrogen and oxygen atoms in total. The average Bonchev–Trinajstić information content (AvgIpc) is 3.30. The Hall–Kier alpha value is -7.72. The summed E-state index contributed by atoms with van der Waals surface area (Å²) in [7, 11) is 11.9. The van der Waals surface area contributed by atoms with Crippen molar-refractivity contribution < 1.29 is 0 Å². The lowest BCUT2D eigenvalue weighted by Gasteiger charge is -2.38. The van der Waals surface area contributed by atoms with E-state index >= 15 is 0 Å². The fraction of sp³-hybridized carbons (Fsp3) is 0.170. The number of rotatable bonds is 9. The SMILES string of the molecule is CNc1cc(N(c2ccccc2)c2ccccc2)ccc1C1=NC2=NC(c3ccc(C)cc3NC)=NC3=C(N(C)C)C=C(N(C)C)C(=N1)N23.Cc1ccccc1.Cc1ccccc1. The second kappa shape index (κ2) is 19.8. The molecule has 3 aliphatic heterocycles. The highest BCUT2D eigenvalue weighted by Crippen LogP contribution is 2.38. The molecule has 3 aliphatic rings. The second-order valence-electron chi connectivity index (χ2n) is 15.7. The van der Waals surface area contributed by atoms with Crippen LogP contribution in [0, 0.1) is 20.8 Å². The van der Waals surface area contributed by atoms with Crippen molar-refractivity contribution in [2.45, 2.75) is 20.8 Å². The Kier molecular flexibility index (Phi) is 13.6. The van der Waals surface area contributed by atoms with Gasteiger partial charge in [-0.25, -0.2) is 14.9 Å². The van der Waals surface area contributed by atoms with Gasteiger partial charge < -0.3 is 25.3 Å². The van der Waals surface area contributed by atoms with E-state index in [0.29, 0.717) is 17.6 Å². The molecule has 0 unspecified atom stereocenters.